The quantitative estimate of drug-likeness (QED) is 0.692. The van der Waals surface area contributed by atoms with Crippen molar-refractivity contribution in [3.63, 3.8) is 0 Å². The van der Waals surface area contributed by atoms with Crippen molar-refractivity contribution in [2.24, 2.45) is 0 Å². The molecule has 1 heteroatoms. The molecule has 0 aromatic heterocycles. The Labute approximate surface area is 127 Å². The van der Waals surface area contributed by atoms with Crippen LogP contribution in [0.5, 0.6) is 0 Å². The Morgan fingerprint density at radius 1 is 0.750 bits per heavy atom. The SMILES string of the molecule is C1=CC[C]([Ti]([CH2]c2ccccc2)[CH2]c2ccccc2)=C1. The molecule has 20 heavy (non-hydrogen) atoms. The van der Waals surface area contributed by atoms with Gasteiger partial charge in [-0.25, -0.2) is 0 Å². The summed E-state index contributed by atoms with van der Waals surface area (Å²) in [6, 6.07) is 22.0. The predicted octanol–water partition coefficient (Wildman–Crippen LogP) is 4.85. The van der Waals surface area contributed by atoms with Gasteiger partial charge in [-0.15, -0.1) is 0 Å². The minimum absolute atomic E-state index is 1.19. The molecule has 0 atom stereocenters. The molecule has 99 valence electrons. The fourth-order valence-corrected chi connectivity index (χ4v) is 7.02. The topological polar surface area (TPSA) is 0 Å². The third-order valence-electron chi connectivity index (χ3n) is 3.75. The van der Waals surface area contributed by atoms with Gasteiger partial charge in [-0.3, -0.25) is 0 Å². The summed E-state index contributed by atoms with van der Waals surface area (Å²) in [4.78, 5) is 0. The van der Waals surface area contributed by atoms with E-state index in [0.29, 0.717) is 0 Å². The molecule has 0 N–H and O–H groups in total. The van der Waals surface area contributed by atoms with E-state index in [1.165, 1.54) is 27.0 Å². The minimum atomic E-state index is -1.25. The molecule has 0 unspecified atom stereocenters. The second-order valence-corrected chi connectivity index (χ2v) is 9.24. The summed E-state index contributed by atoms with van der Waals surface area (Å²) in [5, 5.41) is 0. The molecule has 0 bridgehead atoms. The van der Waals surface area contributed by atoms with E-state index in [1.54, 1.807) is 3.88 Å². The molecule has 0 saturated heterocycles. The molecule has 3 rings (SSSR count). The van der Waals surface area contributed by atoms with Crippen molar-refractivity contribution in [2.75, 3.05) is 0 Å². The van der Waals surface area contributed by atoms with Gasteiger partial charge < -0.3 is 0 Å². The van der Waals surface area contributed by atoms with Gasteiger partial charge in [-0.2, -0.15) is 0 Å². The van der Waals surface area contributed by atoms with Crippen molar-refractivity contribution < 1.29 is 17.9 Å². The van der Waals surface area contributed by atoms with Crippen molar-refractivity contribution in [1.29, 1.82) is 0 Å². The van der Waals surface area contributed by atoms with Gasteiger partial charge in [0.25, 0.3) is 0 Å². The maximum absolute atomic E-state index is 2.38. The Morgan fingerprint density at radius 3 is 1.75 bits per heavy atom. The summed E-state index contributed by atoms with van der Waals surface area (Å²) < 4.78 is 4.32. The van der Waals surface area contributed by atoms with Crippen LogP contribution in [-0.4, -0.2) is 0 Å². The summed E-state index contributed by atoms with van der Waals surface area (Å²) in [5.41, 5.74) is 3.01. The zero-order chi connectivity index (χ0) is 13.6. The van der Waals surface area contributed by atoms with Crippen LogP contribution in [0.25, 0.3) is 0 Å². The molecular weight excluding hydrogens is 276 g/mol. The first-order valence-electron chi connectivity index (χ1n) is 7.20. The van der Waals surface area contributed by atoms with Crippen LogP contribution in [0.1, 0.15) is 17.5 Å². The predicted molar refractivity (Wildman–Crippen MR) is 82.1 cm³/mol. The van der Waals surface area contributed by atoms with Crippen LogP contribution < -0.4 is 0 Å². The van der Waals surface area contributed by atoms with Crippen LogP contribution in [0.4, 0.5) is 0 Å². The standard InChI is InChI=1S/2C7H7.C5H5.Ti/c2*1-7-5-3-2-4-6-7;1-2-4-5-3-1;/h2*2-6H,1H2;1-3H,4H2;. The Hall–Kier alpha value is -1.37. The van der Waals surface area contributed by atoms with Crippen LogP contribution in [0.2, 0.25) is 0 Å². The van der Waals surface area contributed by atoms with Gasteiger partial charge in [-0.1, -0.05) is 0 Å². The third kappa shape index (κ3) is 3.59. The van der Waals surface area contributed by atoms with Crippen molar-refractivity contribution in [2.45, 2.75) is 15.9 Å². The number of hydrogen-bond donors (Lipinski definition) is 0. The van der Waals surface area contributed by atoms with E-state index in [1.807, 2.05) is 0 Å². The van der Waals surface area contributed by atoms with Gasteiger partial charge in [0.1, 0.15) is 0 Å². The third-order valence-corrected chi connectivity index (χ3v) is 8.35. The number of rotatable bonds is 5. The molecule has 0 heterocycles. The van der Waals surface area contributed by atoms with E-state index in [2.05, 4.69) is 78.9 Å². The van der Waals surface area contributed by atoms with E-state index in [4.69, 9.17) is 0 Å². The molecule has 1 aliphatic carbocycles. The first-order valence-corrected chi connectivity index (χ1v) is 10.2. The average molecular weight is 295 g/mol. The van der Waals surface area contributed by atoms with E-state index in [0.717, 1.165) is 0 Å². The second kappa shape index (κ2) is 6.88. The van der Waals surface area contributed by atoms with Crippen LogP contribution in [-0.2, 0) is 27.3 Å². The molecule has 0 saturated carbocycles. The first kappa shape index (κ1) is 13.6. The van der Waals surface area contributed by atoms with E-state index < -0.39 is 17.9 Å². The van der Waals surface area contributed by atoms with Crippen molar-refractivity contribution in [1.82, 2.24) is 0 Å². The van der Waals surface area contributed by atoms with Gasteiger partial charge in [0, 0.05) is 0 Å². The monoisotopic (exact) mass is 295 g/mol. The molecule has 2 aromatic rings. The molecule has 1 aliphatic rings. The van der Waals surface area contributed by atoms with Gasteiger partial charge >= 0.3 is 128 Å². The second-order valence-electron chi connectivity index (χ2n) is 5.25. The summed E-state index contributed by atoms with van der Waals surface area (Å²) in [6.07, 6.45) is 8.10. The molecule has 0 spiro atoms. The zero-order valence-electron chi connectivity index (χ0n) is 11.6. The van der Waals surface area contributed by atoms with E-state index in [-0.39, 0.29) is 0 Å². The Bertz CT molecular complexity index is 555. The van der Waals surface area contributed by atoms with Crippen LogP contribution in [0, 0.1) is 0 Å². The van der Waals surface area contributed by atoms with Crippen LogP contribution in [0.3, 0.4) is 0 Å². The van der Waals surface area contributed by atoms with Crippen LogP contribution >= 0.6 is 0 Å². The summed E-state index contributed by atoms with van der Waals surface area (Å²) in [7, 11) is 0. The van der Waals surface area contributed by atoms with E-state index >= 15 is 0 Å². The zero-order valence-corrected chi connectivity index (χ0v) is 13.2. The Balaban J connectivity index is 1.77. The molecule has 0 radical (unpaired) electrons. The average Bonchev–Trinajstić information content (AvgIpc) is 3.03. The molecule has 0 nitrogen and oxygen atoms in total. The van der Waals surface area contributed by atoms with E-state index in [9.17, 15) is 0 Å². The summed E-state index contributed by atoms with van der Waals surface area (Å²) in [5.74, 6) is 0. The van der Waals surface area contributed by atoms with Gasteiger partial charge in [0.15, 0.2) is 0 Å². The Kier molecular flexibility index (Phi) is 4.68. The van der Waals surface area contributed by atoms with Crippen molar-refractivity contribution in [3.05, 3.63) is 93.9 Å². The van der Waals surface area contributed by atoms with Crippen molar-refractivity contribution >= 4 is 0 Å². The fourth-order valence-electron chi connectivity index (χ4n) is 2.68. The number of allylic oxidation sites excluding steroid dienone is 4. The number of benzene rings is 2. The summed E-state index contributed by atoms with van der Waals surface area (Å²) >= 11 is -1.25. The van der Waals surface area contributed by atoms with Crippen LogP contribution in [0.15, 0.2) is 82.8 Å². The van der Waals surface area contributed by atoms with Gasteiger partial charge in [0.05, 0.1) is 0 Å². The molecular formula is C19H19Ti. The molecule has 0 amide bonds. The fraction of sp³-hybridized carbons (Fsp3) is 0.158. The summed E-state index contributed by atoms with van der Waals surface area (Å²) in [6.45, 7) is 0. The van der Waals surface area contributed by atoms with Gasteiger partial charge in [-0.05, 0) is 0 Å². The van der Waals surface area contributed by atoms with Crippen molar-refractivity contribution in [3.8, 4) is 0 Å². The molecule has 0 aliphatic heterocycles. The van der Waals surface area contributed by atoms with Gasteiger partial charge in [0.2, 0.25) is 0 Å². The first-order chi connectivity index (χ1) is 9.92. The molecule has 0 fully saturated rings. The molecule has 2 aromatic carbocycles. The maximum atomic E-state index is 2.38. The normalized spacial score (nSPS) is 13.3. The Morgan fingerprint density at radius 2 is 1.30 bits per heavy atom. The number of hydrogen-bond acceptors (Lipinski definition) is 0.